The van der Waals surface area contributed by atoms with Crippen molar-refractivity contribution in [1.29, 1.82) is 0 Å². The first-order valence-corrected chi connectivity index (χ1v) is 10.6. The molecule has 3 aromatic rings. The highest BCUT2D eigenvalue weighted by Crippen LogP contribution is 2.43. The molecule has 0 aliphatic carbocycles. The van der Waals surface area contributed by atoms with Crippen LogP contribution in [0.5, 0.6) is 11.5 Å². The second-order valence-electron chi connectivity index (χ2n) is 7.58. The van der Waals surface area contributed by atoms with Gasteiger partial charge in [-0.2, -0.15) is 0 Å². The largest absolute Gasteiger partial charge is 0.486 e. The highest BCUT2D eigenvalue weighted by atomic mass is 19.1. The summed E-state index contributed by atoms with van der Waals surface area (Å²) < 4.78 is 28.9. The number of imidazole rings is 1. The lowest BCUT2D eigenvalue weighted by molar-refractivity contribution is 0.172. The zero-order valence-electron chi connectivity index (χ0n) is 17.4. The molecule has 1 aromatic heterocycles. The minimum absolute atomic E-state index is 0.160. The average Bonchev–Trinajstić information content (AvgIpc) is 3.11. The van der Waals surface area contributed by atoms with E-state index >= 15 is 0 Å². The molecule has 2 aromatic carbocycles. The number of halogens is 1. The van der Waals surface area contributed by atoms with Crippen molar-refractivity contribution in [3.63, 3.8) is 0 Å². The van der Waals surface area contributed by atoms with Crippen molar-refractivity contribution in [1.82, 2.24) is 14.5 Å². The highest BCUT2D eigenvalue weighted by molar-refractivity contribution is 5.82. The van der Waals surface area contributed by atoms with Gasteiger partial charge in [0.2, 0.25) is 0 Å². The Labute approximate surface area is 179 Å². The Morgan fingerprint density at radius 2 is 1.77 bits per heavy atom. The number of para-hydroxylation sites is 1. The fraction of sp³-hybridized carbons (Fsp3) is 0.348. The maximum atomic E-state index is 13.6. The molecule has 2 aliphatic heterocycles. The van der Waals surface area contributed by atoms with E-state index in [4.69, 9.17) is 9.47 Å². The molecule has 31 heavy (non-hydrogen) atoms. The zero-order chi connectivity index (χ0) is 21.4. The van der Waals surface area contributed by atoms with E-state index < -0.39 is 0 Å². The number of ether oxygens (including phenoxy) is 2. The van der Waals surface area contributed by atoms with Gasteiger partial charge in [-0.25, -0.2) is 9.18 Å². The van der Waals surface area contributed by atoms with Gasteiger partial charge in [-0.15, -0.1) is 0 Å². The molecule has 3 heterocycles. The van der Waals surface area contributed by atoms with E-state index in [0.717, 1.165) is 43.3 Å². The summed E-state index contributed by atoms with van der Waals surface area (Å²) in [5.41, 5.74) is 1.98. The Morgan fingerprint density at radius 3 is 2.52 bits per heavy atom. The van der Waals surface area contributed by atoms with Gasteiger partial charge in [0.1, 0.15) is 30.5 Å². The predicted octanol–water partition coefficient (Wildman–Crippen LogP) is 2.65. The molecule has 0 saturated carbocycles. The van der Waals surface area contributed by atoms with Crippen molar-refractivity contribution in [2.75, 3.05) is 44.3 Å². The number of benzene rings is 2. The number of hydrogen-bond acceptors (Lipinski definition) is 5. The summed E-state index contributed by atoms with van der Waals surface area (Å²) in [6.45, 7) is 6.66. The second-order valence-corrected chi connectivity index (χ2v) is 7.58. The van der Waals surface area contributed by atoms with Crippen LogP contribution in [-0.4, -0.2) is 48.5 Å². The van der Waals surface area contributed by atoms with Crippen LogP contribution in [0.3, 0.4) is 0 Å². The molecule has 0 radical (unpaired) electrons. The topological polar surface area (TPSA) is 60.7 Å². The monoisotopic (exact) mass is 424 g/mol. The van der Waals surface area contributed by atoms with Crippen molar-refractivity contribution in [3.8, 4) is 28.4 Å². The van der Waals surface area contributed by atoms with Gasteiger partial charge in [-0.1, -0.05) is 6.07 Å². The molecule has 0 spiro atoms. The Hall–Kier alpha value is -3.26. The van der Waals surface area contributed by atoms with E-state index in [1.165, 1.54) is 12.1 Å². The number of nitrogens with one attached hydrogen (secondary N) is 1. The molecule has 0 amide bonds. The third-order valence-corrected chi connectivity index (χ3v) is 5.75. The van der Waals surface area contributed by atoms with Gasteiger partial charge in [-0.05, 0) is 43.3 Å². The van der Waals surface area contributed by atoms with Crippen LogP contribution in [0.1, 0.15) is 6.92 Å². The third-order valence-electron chi connectivity index (χ3n) is 5.75. The van der Waals surface area contributed by atoms with Crippen LogP contribution in [0.2, 0.25) is 0 Å². The first-order chi connectivity index (χ1) is 15.2. The highest BCUT2D eigenvalue weighted by Gasteiger charge is 2.30. The molecule has 5 rings (SSSR count). The summed E-state index contributed by atoms with van der Waals surface area (Å²) in [5, 5.41) is 3.37. The Bertz CT molecular complexity index is 1150. The summed E-state index contributed by atoms with van der Waals surface area (Å²) in [6, 6.07) is 11.8. The number of aromatic nitrogens is 2. The number of piperazine rings is 1. The van der Waals surface area contributed by atoms with Crippen molar-refractivity contribution in [2.45, 2.75) is 13.5 Å². The number of rotatable bonds is 4. The second kappa shape index (κ2) is 8.11. The van der Waals surface area contributed by atoms with Gasteiger partial charge >= 0.3 is 5.69 Å². The molecular weight excluding hydrogens is 399 g/mol. The summed E-state index contributed by atoms with van der Waals surface area (Å²) in [4.78, 5) is 15.9. The molecule has 7 nitrogen and oxygen atoms in total. The van der Waals surface area contributed by atoms with Gasteiger partial charge < -0.3 is 19.7 Å². The van der Waals surface area contributed by atoms with E-state index in [2.05, 4.69) is 10.2 Å². The standard InChI is InChI=1S/C23H25FN4O3/c1-2-27-22(26-12-10-25-11-13-26)20(18-4-3-5-19-21(18)31-15-14-30-19)28(23(27)29)17-8-6-16(24)7-9-17/h3-9,25H,2,10-15H2,1H3. The fourth-order valence-corrected chi connectivity index (χ4v) is 4.35. The summed E-state index contributed by atoms with van der Waals surface area (Å²) in [7, 11) is 0. The first kappa shape index (κ1) is 19.7. The number of hydrogen-bond donors (Lipinski definition) is 1. The van der Waals surface area contributed by atoms with Crippen LogP contribution >= 0.6 is 0 Å². The zero-order valence-corrected chi connectivity index (χ0v) is 17.4. The van der Waals surface area contributed by atoms with Gasteiger partial charge in [0, 0.05) is 38.3 Å². The van der Waals surface area contributed by atoms with Crippen LogP contribution < -0.4 is 25.4 Å². The van der Waals surface area contributed by atoms with Crippen molar-refractivity contribution < 1.29 is 13.9 Å². The van der Waals surface area contributed by atoms with E-state index in [1.54, 1.807) is 21.3 Å². The van der Waals surface area contributed by atoms with E-state index in [9.17, 15) is 9.18 Å². The molecule has 0 atom stereocenters. The van der Waals surface area contributed by atoms with Crippen LogP contribution in [-0.2, 0) is 6.54 Å². The van der Waals surface area contributed by atoms with Gasteiger partial charge in [-0.3, -0.25) is 9.13 Å². The lowest BCUT2D eigenvalue weighted by Gasteiger charge is -2.31. The molecule has 162 valence electrons. The summed E-state index contributed by atoms with van der Waals surface area (Å²) in [5.74, 6) is 1.80. The fourth-order valence-electron chi connectivity index (χ4n) is 4.35. The van der Waals surface area contributed by atoms with Crippen molar-refractivity contribution in [3.05, 3.63) is 58.8 Å². The molecule has 0 bridgehead atoms. The lowest BCUT2D eigenvalue weighted by atomic mass is 10.1. The first-order valence-electron chi connectivity index (χ1n) is 10.6. The Morgan fingerprint density at radius 1 is 1.03 bits per heavy atom. The lowest BCUT2D eigenvalue weighted by Crippen LogP contribution is -2.44. The predicted molar refractivity (Wildman–Crippen MR) is 117 cm³/mol. The normalized spacial score (nSPS) is 15.9. The summed E-state index contributed by atoms with van der Waals surface area (Å²) in [6.07, 6.45) is 0. The van der Waals surface area contributed by atoms with E-state index in [1.807, 2.05) is 25.1 Å². The Balaban J connectivity index is 1.83. The van der Waals surface area contributed by atoms with Crippen molar-refractivity contribution >= 4 is 5.82 Å². The SMILES string of the molecule is CCn1c(N2CCNCC2)c(-c2cccc3c2OCCO3)n(-c2ccc(F)cc2)c1=O. The maximum absolute atomic E-state index is 13.6. The molecule has 0 unspecified atom stereocenters. The van der Waals surface area contributed by atoms with Gasteiger partial charge in [0.05, 0.1) is 5.69 Å². The smallest absolute Gasteiger partial charge is 0.334 e. The van der Waals surface area contributed by atoms with Crippen LogP contribution in [0.15, 0.2) is 47.3 Å². The molecular formula is C23H25FN4O3. The van der Waals surface area contributed by atoms with Crippen LogP contribution in [0, 0.1) is 5.82 Å². The molecule has 8 heteroatoms. The van der Waals surface area contributed by atoms with E-state index in [-0.39, 0.29) is 11.5 Å². The number of nitrogens with zero attached hydrogens (tertiary/aromatic N) is 3. The quantitative estimate of drug-likeness (QED) is 0.698. The molecule has 2 aliphatic rings. The van der Waals surface area contributed by atoms with Gasteiger partial charge in [0.25, 0.3) is 0 Å². The average molecular weight is 424 g/mol. The van der Waals surface area contributed by atoms with Crippen LogP contribution in [0.4, 0.5) is 10.2 Å². The molecule has 1 saturated heterocycles. The maximum Gasteiger partial charge on any atom is 0.334 e. The minimum atomic E-state index is -0.343. The summed E-state index contributed by atoms with van der Waals surface area (Å²) >= 11 is 0. The van der Waals surface area contributed by atoms with Crippen LogP contribution in [0.25, 0.3) is 16.9 Å². The molecule has 1 N–H and O–H groups in total. The Kier molecular flexibility index (Phi) is 5.15. The number of anilines is 1. The third kappa shape index (κ3) is 3.37. The van der Waals surface area contributed by atoms with Crippen molar-refractivity contribution in [2.24, 2.45) is 0 Å². The minimum Gasteiger partial charge on any atom is -0.486 e. The van der Waals surface area contributed by atoms with E-state index in [0.29, 0.717) is 36.9 Å². The number of fused-ring (bicyclic) bond motifs is 1. The van der Waals surface area contributed by atoms with Gasteiger partial charge in [0.15, 0.2) is 11.5 Å². The molecule has 1 fully saturated rings.